The summed E-state index contributed by atoms with van der Waals surface area (Å²) < 4.78 is 5.66. The topological polar surface area (TPSA) is 34.1 Å². The fourth-order valence-electron chi connectivity index (χ4n) is 1.28. The quantitative estimate of drug-likeness (QED) is 0.837. The lowest BCUT2D eigenvalue weighted by Crippen LogP contribution is -2.16. The molecule has 0 saturated carbocycles. The summed E-state index contributed by atoms with van der Waals surface area (Å²) >= 11 is 1.65. The summed E-state index contributed by atoms with van der Waals surface area (Å²) in [7, 11) is 0. The average molecular weight is 221 g/mol. The first-order valence-corrected chi connectivity index (χ1v) is 5.03. The lowest BCUT2D eigenvalue weighted by atomic mass is 10.3. The molecule has 1 aliphatic heterocycles. The highest BCUT2D eigenvalue weighted by Gasteiger charge is 2.14. The Kier molecular flexibility index (Phi) is 4.66. The van der Waals surface area contributed by atoms with Gasteiger partial charge >= 0.3 is 0 Å². The van der Waals surface area contributed by atoms with Crippen LogP contribution in [-0.2, 0) is 11.3 Å². The van der Waals surface area contributed by atoms with Crippen molar-refractivity contribution in [2.75, 3.05) is 13.1 Å². The highest BCUT2D eigenvalue weighted by Crippen LogP contribution is 2.11. The Labute approximate surface area is 87.9 Å². The number of hydrogen-bond acceptors (Lipinski definition) is 4. The molecule has 74 valence electrons. The Morgan fingerprint density at radius 3 is 3.23 bits per heavy atom. The largest absolute Gasteiger partial charge is 0.371 e. The van der Waals surface area contributed by atoms with E-state index in [2.05, 4.69) is 10.3 Å². The van der Waals surface area contributed by atoms with Gasteiger partial charge in [0.25, 0.3) is 0 Å². The zero-order valence-electron chi connectivity index (χ0n) is 7.23. The molecule has 0 bridgehead atoms. The molecule has 1 atom stereocenters. The van der Waals surface area contributed by atoms with Gasteiger partial charge in [-0.25, -0.2) is 0 Å². The molecule has 0 aromatic carbocycles. The Morgan fingerprint density at radius 1 is 1.69 bits per heavy atom. The van der Waals surface area contributed by atoms with Crippen LogP contribution in [0.2, 0.25) is 0 Å². The molecule has 5 heteroatoms. The molecule has 1 aromatic heterocycles. The van der Waals surface area contributed by atoms with Crippen LogP contribution in [0.4, 0.5) is 0 Å². The Hall–Kier alpha value is -0.160. The van der Waals surface area contributed by atoms with Crippen LogP contribution in [0.5, 0.6) is 0 Å². The SMILES string of the molecule is Cl.c1ncc(CO[C@@H]2CCNC2)s1. The fourth-order valence-corrected chi connectivity index (χ4v) is 1.80. The van der Waals surface area contributed by atoms with E-state index in [4.69, 9.17) is 4.74 Å². The molecule has 1 saturated heterocycles. The van der Waals surface area contributed by atoms with Gasteiger partial charge in [-0.1, -0.05) is 0 Å². The van der Waals surface area contributed by atoms with Crippen molar-refractivity contribution in [3.05, 3.63) is 16.6 Å². The van der Waals surface area contributed by atoms with E-state index in [0.29, 0.717) is 6.10 Å². The van der Waals surface area contributed by atoms with Crippen LogP contribution in [0.3, 0.4) is 0 Å². The summed E-state index contributed by atoms with van der Waals surface area (Å²) in [5.41, 5.74) is 1.84. The van der Waals surface area contributed by atoms with E-state index in [1.165, 1.54) is 4.88 Å². The van der Waals surface area contributed by atoms with E-state index >= 15 is 0 Å². The third-order valence-electron chi connectivity index (χ3n) is 1.96. The van der Waals surface area contributed by atoms with Crippen LogP contribution in [0.1, 0.15) is 11.3 Å². The van der Waals surface area contributed by atoms with Crippen LogP contribution in [0.15, 0.2) is 11.7 Å². The smallest absolute Gasteiger partial charge is 0.0829 e. The van der Waals surface area contributed by atoms with Crippen molar-refractivity contribution in [2.45, 2.75) is 19.1 Å². The van der Waals surface area contributed by atoms with Gasteiger partial charge in [0.1, 0.15) is 0 Å². The summed E-state index contributed by atoms with van der Waals surface area (Å²) in [6.45, 7) is 2.81. The molecule has 2 heterocycles. The van der Waals surface area contributed by atoms with Crippen LogP contribution in [-0.4, -0.2) is 24.2 Å². The summed E-state index contributed by atoms with van der Waals surface area (Å²) in [6, 6.07) is 0. The van der Waals surface area contributed by atoms with Gasteiger partial charge in [-0.15, -0.1) is 23.7 Å². The van der Waals surface area contributed by atoms with Crippen LogP contribution < -0.4 is 5.32 Å². The average Bonchev–Trinajstić information content (AvgIpc) is 2.74. The monoisotopic (exact) mass is 220 g/mol. The van der Waals surface area contributed by atoms with Crippen molar-refractivity contribution in [2.24, 2.45) is 0 Å². The summed E-state index contributed by atoms with van der Waals surface area (Å²) in [5, 5.41) is 3.27. The van der Waals surface area contributed by atoms with Gasteiger partial charge < -0.3 is 10.1 Å². The molecular formula is C8H13ClN2OS. The molecule has 3 nitrogen and oxygen atoms in total. The first-order chi connectivity index (χ1) is 5.95. The van der Waals surface area contributed by atoms with Gasteiger partial charge in [0.2, 0.25) is 0 Å². The van der Waals surface area contributed by atoms with Crippen molar-refractivity contribution in [3.8, 4) is 0 Å². The maximum absolute atomic E-state index is 5.66. The maximum Gasteiger partial charge on any atom is 0.0829 e. The molecule has 1 fully saturated rings. The molecule has 2 rings (SSSR count). The van der Waals surface area contributed by atoms with Crippen LogP contribution in [0, 0.1) is 0 Å². The molecule has 0 unspecified atom stereocenters. The standard InChI is InChI=1S/C8H12N2OS.ClH/c1-2-9-3-7(1)11-5-8-4-10-6-12-8;/h4,6-7,9H,1-3,5H2;1H/t7-;/m1./s1. The van der Waals surface area contributed by atoms with Crippen molar-refractivity contribution >= 4 is 23.7 Å². The number of rotatable bonds is 3. The Bertz CT molecular complexity index is 224. The summed E-state index contributed by atoms with van der Waals surface area (Å²) in [5.74, 6) is 0. The molecule has 0 radical (unpaired) electrons. The van der Waals surface area contributed by atoms with Crippen molar-refractivity contribution in [3.63, 3.8) is 0 Å². The third kappa shape index (κ3) is 3.23. The Balaban J connectivity index is 0.000000845. The summed E-state index contributed by atoms with van der Waals surface area (Å²) in [6.07, 6.45) is 3.42. The molecule has 1 aromatic rings. The predicted octanol–water partition coefficient (Wildman–Crippen LogP) is 1.44. The van der Waals surface area contributed by atoms with Gasteiger partial charge in [0.15, 0.2) is 0 Å². The number of aromatic nitrogens is 1. The third-order valence-corrected chi connectivity index (χ3v) is 2.71. The number of hydrogen-bond donors (Lipinski definition) is 1. The van der Waals surface area contributed by atoms with E-state index in [-0.39, 0.29) is 12.4 Å². The second-order valence-corrected chi connectivity index (χ2v) is 3.86. The zero-order chi connectivity index (χ0) is 8.23. The van der Waals surface area contributed by atoms with Gasteiger partial charge in [-0.3, -0.25) is 4.98 Å². The van der Waals surface area contributed by atoms with E-state index in [0.717, 1.165) is 26.1 Å². The first kappa shape index (κ1) is 10.9. The lowest BCUT2D eigenvalue weighted by Gasteiger charge is -2.07. The van der Waals surface area contributed by atoms with E-state index in [9.17, 15) is 0 Å². The van der Waals surface area contributed by atoms with E-state index in [1.807, 2.05) is 11.7 Å². The Morgan fingerprint density at radius 2 is 2.62 bits per heavy atom. The molecule has 13 heavy (non-hydrogen) atoms. The molecule has 1 aliphatic rings. The van der Waals surface area contributed by atoms with Crippen molar-refractivity contribution in [1.29, 1.82) is 0 Å². The number of halogens is 1. The van der Waals surface area contributed by atoms with Gasteiger partial charge in [0, 0.05) is 12.7 Å². The highest BCUT2D eigenvalue weighted by atomic mass is 35.5. The molecule has 0 aliphatic carbocycles. The molecule has 1 N–H and O–H groups in total. The van der Waals surface area contributed by atoms with E-state index < -0.39 is 0 Å². The van der Waals surface area contributed by atoms with Gasteiger partial charge in [-0.2, -0.15) is 0 Å². The molecule has 0 amide bonds. The first-order valence-electron chi connectivity index (χ1n) is 4.15. The van der Waals surface area contributed by atoms with Gasteiger partial charge in [-0.05, 0) is 13.0 Å². The van der Waals surface area contributed by atoms with Crippen LogP contribution >= 0.6 is 23.7 Å². The second-order valence-electron chi connectivity index (χ2n) is 2.89. The minimum atomic E-state index is 0. The lowest BCUT2D eigenvalue weighted by molar-refractivity contribution is 0.0558. The van der Waals surface area contributed by atoms with E-state index in [1.54, 1.807) is 11.3 Å². The fraction of sp³-hybridized carbons (Fsp3) is 0.625. The number of thiazole rings is 1. The molecular weight excluding hydrogens is 208 g/mol. The molecule has 0 spiro atoms. The maximum atomic E-state index is 5.66. The second kappa shape index (κ2) is 5.54. The normalized spacial score (nSPS) is 21.4. The van der Waals surface area contributed by atoms with Crippen LogP contribution in [0.25, 0.3) is 0 Å². The zero-order valence-corrected chi connectivity index (χ0v) is 8.87. The highest BCUT2D eigenvalue weighted by molar-refractivity contribution is 7.09. The number of ether oxygens (including phenoxy) is 1. The summed E-state index contributed by atoms with van der Waals surface area (Å²) in [4.78, 5) is 5.20. The van der Waals surface area contributed by atoms with Gasteiger partial charge in [0.05, 0.1) is 23.1 Å². The minimum absolute atomic E-state index is 0. The minimum Gasteiger partial charge on any atom is -0.371 e. The predicted molar refractivity (Wildman–Crippen MR) is 55.4 cm³/mol. The van der Waals surface area contributed by atoms with Crippen molar-refractivity contribution in [1.82, 2.24) is 10.3 Å². The number of nitrogens with zero attached hydrogens (tertiary/aromatic N) is 1. The number of nitrogens with one attached hydrogen (secondary N) is 1. The van der Waals surface area contributed by atoms with Crippen molar-refractivity contribution < 1.29 is 4.74 Å².